The van der Waals surface area contributed by atoms with Crippen LogP contribution >= 0.6 is 22.9 Å². The summed E-state index contributed by atoms with van der Waals surface area (Å²) in [5, 5.41) is 3.16. The Balaban J connectivity index is 1.71. The van der Waals surface area contributed by atoms with Gasteiger partial charge in [0.2, 0.25) is 0 Å². The monoisotopic (exact) mass is 518 g/mol. The normalized spacial score (nSPS) is 15.0. The van der Waals surface area contributed by atoms with Crippen molar-refractivity contribution in [2.24, 2.45) is 22.4 Å². The van der Waals surface area contributed by atoms with Crippen LogP contribution in [0.1, 0.15) is 61.9 Å². The van der Waals surface area contributed by atoms with Crippen LogP contribution in [-0.4, -0.2) is 36.3 Å². The number of halogens is 1. The first-order chi connectivity index (χ1) is 16.6. The van der Waals surface area contributed by atoms with Gasteiger partial charge >= 0.3 is 12.0 Å². The summed E-state index contributed by atoms with van der Waals surface area (Å²) in [7, 11) is 0. The number of aliphatic imine (C=N–C) groups is 1. The van der Waals surface area contributed by atoms with Crippen molar-refractivity contribution in [2.45, 2.75) is 64.5 Å². The second-order valence-electron chi connectivity index (χ2n) is 9.05. The van der Waals surface area contributed by atoms with E-state index in [1.165, 1.54) is 0 Å². The molecule has 1 saturated carbocycles. The van der Waals surface area contributed by atoms with Gasteiger partial charge < -0.3 is 16.2 Å². The molecule has 0 radical (unpaired) electrons. The fourth-order valence-corrected chi connectivity index (χ4v) is 5.46. The number of primary amides is 2. The van der Waals surface area contributed by atoms with Gasteiger partial charge in [0.05, 0.1) is 5.56 Å². The topological polar surface area (TPSA) is 137 Å². The standard InChI is InChI=1S/C25H31ClN4O4S/c1-14(2)11-20(24(32)34-16-5-3-4-6-16)29-10-9-15-7-8-17(19(26)12-15)21-13-18(22(27)31)23(35-21)30-25(28)33/h7-8,10,12-14,16,20H,3-6,9,11H2,1-2H3,(H2,27,31)(H3,28,30,33)/b29-10-/t20-/m0/s1. The van der Waals surface area contributed by atoms with Crippen molar-refractivity contribution < 1.29 is 19.1 Å². The van der Waals surface area contributed by atoms with Crippen molar-refractivity contribution >= 4 is 52.1 Å². The van der Waals surface area contributed by atoms with Gasteiger partial charge in [-0.1, -0.05) is 37.6 Å². The van der Waals surface area contributed by atoms with Gasteiger partial charge in [-0.2, -0.15) is 0 Å². The van der Waals surface area contributed by atoms with E-state index < -0.39 is 18.0 Å². The highest BCUT2D eigenvalue weighted by Crippen LogP contribution is 2.38. The SMILES string of the molecule is CC(C)C[C@H](/N=C\Cc1ccc(-c2cc(C(N)=O)c(NC(N)=O)s2)c(Cl)c1)C(=O)OC1CCCC1. The minimum atomic E-state index is -0.787. The molecule has 1 aromatic heterocycles. The number of hydrogen-bond donors (Lipinski definition) is 3. The third-order valence-corrected chi connectivity index (χ3v) is 7.09. The fraction of sp³-hybridized carbons (Fsp3) is 0.440. The minimum absolute atomic E-state index is 0.0183. The van der Waals surface area contributed by atoms with E-state index in [2.05, 4.69) is 24.2 Å². The number of nitrogens with one attached hydrogen (secondary N) is 1. The molecular weight excluding hydrogens is 488 g/mol. The van der Waals surface area contributed by atoms with Crippen LogP contribution in [0.4, 0.5) is 9.80 Å². The first-order valence-corrected chi connectivity index (χ1v) is 12.8. The van der Waals surface area contributed by atoms with E-state index in [-0.39, 0.29) is 22.6 Å². The minimum Gasteiger partial charge on any atom is -0.461 e. The van der Waals surface area contributed by atoms with Gasteiger partial charge in [-0.25, -0.2) is 9.59 Å². The number of rotatable bonds is 10. The molecule has 1 fully saturated rings. The molecule has 0 bridgehead atoms. The Kier molecular flexibility index (Phi) is 9.28. The Morgan fingerprint density at radius 2 is 1.94 bits per heavy atom. The van der Waals surface area contributed by atoms with Crippen LogP contribution in [0, 0.1) is 5.92 Å². The molecule has 0 spiro atoms. The molecule has 0 saturated heterocycles. The molecule has 5 N–H and O–H groups in total. The highest BCUT2D eigenvalue weighted by Gasteiger charge is 2.25. The zero-order valence-corrected chi connectivity index (χ0v) is 21.5. The molecule has 3 amide bonds. The molecule has 2 aromatic rings. The summed E-state index contributed by atoms with van der Waals surface area (Å²) < 4.78 is 5.67. The summed E-state index contributed by atoms with van der Waals surface area (Å²) in [5.74, 6) is -0.617. The van der Waals surface area contributed by atoms with E-state index in [1.54, 1.807) is 12.3 Å². The van der Waals surface area contributed by atoms with Crippen molar-refractivity contribution in [2.75, 3.05) is 5.32 Å². The number of nitrogens with two attached hydrogens (primary N) is 2. The molecule has 8 nitrogen and oxygen atoms in total. The summed E-state index contributed by atoms with van der Waals surface area (Å²) in [5.41, 5.74) is 12.4. The fourth-order valence-electron chi connectivity index (χ4n) is 4.00. The molecule has 0 aliphatic heterocycles. The van der Waals surface area contributed by atoms with Crippen molar-refractivity contribution in [3.8, 4) is 10.4 Å². The van der Waals surface area contributed by atoms with Gasteiger partial charge in [0, 0.05) is 28.1 Å². The predicted octanol–water partition coefficient (Wildman–Crippen LogP) is 5.17. The maximum atomic E-state index is 12.7. The van der Waals surface area contributed by atoms with E-state index in [0.29, 0.717) is 34.2 Å². The lowest BCUT2D eigenvalue weighted by atomic mass is 10.0. The van der Waals surface area contributed by atoms with E-state index in [4.69, 9.17) is 27.8 Å². The molecule has 188 valence electrons. The highest BCUT2D eigenvalue weighted by molar-refractivity contribution is 7.20. The third kappa shape index (κ3) is 7.53. The van der Waals surface area contributed by atoms with Crippen LogP contribution in [-0.2, 0) is 16.0 Å². The van der Waals surface area contributed by atoms with Crippen LogP contribution in [0.15, 0.2) is 29.3 Å². The number of benzene rings is 1. The molecule has 1 heterocycles. The number of urea groups is 1. The van der Waals surface area contributed by atoms with Crippen LogP contribution < -0.4 is 16.8 Å². The van der Waals surface area contributed by atoms with Gasteiger partial charge in [-0.05, 0) is 55.7 Å². The predicted molar refractivity (Wildman–Crippen MR) is 140 cm³/mol. The summed E-state index contributed by atoms with van der Waals surface area (Å²) in [6.45, 7) is 4.12. The lowest BCUT2D eigenvalue weighted by molar-refractivity contribution is -0.150. The number of anilines is 1. The molecule has 1 aliphatic rings. The Hall–Kier alpha value is -2.91. The van der Waals surface area contributed by atoms with Crippen molar-refractivity contribution in [3.05, 3.63) is 40.4 Å². The second-order valence-corrected chi connectivity index (χ2v) is 10.5. The smallest absolute Gasteiger partial charge is 0.331 e. The van der Waals surface area contributed by atoms with Crippen molar-refractivity contribution in [1.82, 2.24) is 0 Å². The first-order valence-electron chi connectivity index (χ1n) is 11.6. The Labute approximate surface area is 214 Å². The first kappa shape index (κ1) is 26.7. The van der Waals surface area contributed by atoms with Gasteiger partial charge in [-0.3, -0.25) is 15.1 Å². The Morgan fingerprint density at radius 1 is 1.23 bits per heavy atom. The van der Waals surface area contributed by atoms with Crippen molar-refractivity contribution in [1.29, 1.82) is 0 Å². The maximum absolute atomic E-state index is 12.7. The molecule has 1 atom stereocenters. The van der Waals surface area contributed by atoms with Crippen molar-refractivity contribution in [3.63, 3.8) is 0 Å². The summed E-state index contributed by atoms with van der Waals surface area (Å²) in [4.78, 5) is 40.8. The third-order valence-electron chi connectivity index (χ3n) is 5.70. The Morgan fingerprint density at radius 3 is 2.54 bits per heavy atom. The molecule has 3 rings (SSSR count). The van der Waals surface area contributed by atoms with Gasteiger partial charge in [0.25, 0.3) is 5.91 Å². The zero-order valence-electron chi connectivity index (χ0n) is 19.9. The summed E-state index contributed by atoms with van der Waals surface area (Å²) in [6.07, 6.45) is 6.95. The lowest BCUT2D eigenvalue weighted by Gasteiger charge is -2.17. The second kappa shape index (κ2) is 12.2. The highest BCUT2D eigenvalue weighted by atomic mass is 35.5. The molecular formula is C25H31ClN4O4S. The lowest BCUT2D eigenvalue weighted by Crippen LogP contribution is -2.27. The van der Waals surface area contributed by atoms with E-state index in [9.17, 15) is 14.4 Å². The average molecular weight is 519 g/mol. The van der Waals surface area contributed by atoms with Gasteiger partial charge in [0.1, 0.15) is 17.1 Å². The number of carbonyl (C=O) groups excluding carboxylic acids is 3. The summed E-state index contributed by atoms with van der Waals surface area (Å²) in [6, 6.07) is 5.81. The van der Waals surface area contributed by atoms with Crippen LogP contribution in [0.3, 0.4) is 0 Å². The molecule has 10 heteroatoms. The maximum Gasteiger partial charge on any atom is 0.331 e. The van der Waals surface area contributed by atoms with E-state index >= 15 is 0 Å². The number of ether oxygens (including phenoxy) is 1. The quantitative estimate of drug-likeness (QED) is 0.295. The number of hydrogen-bond acceptors (Lipinski definition) is 6. The number of nitrogens with zero attached hydrogens (tertiary/aromatic N) is 1. The van der Waals surface area contributed by atoms with Crippen LogP contribution in [0.2, 0.25) is 5.02 Å². The van der Waals surface area contributed by atoms with E-state index in [1.807, 2.05) is 18.2 Å². The number of carbonyl (C=O) groups is 3. The molecule has 0 unspecified atom stereocenters. The van der Waals surface area contributed by atoms with Crippen LogP contribution in [0.25, 0.3) is 10.4 Å². The van der Waals surface area contributed by atoms with Crippen LogP contribution in [0.5, 0.6) is 0 Å². The Bertz CT molecular complexity index is 1110. The number of amides is 3. The number of esters is 1. The zero-order chi connectivity index (χ0) is 25.5. The number of thiophene rings is 1. The molecule has 1 aliphatic carbocycles. The average Bonchev–Trinajstić information content (AvgIpc) is 3.42. The largest absolute Gasteiger partial charge is 0.461 e. The molecule has 35 heavy (non-hydrogen) atoms. The summed E-state index contributed by atoms with van der Waals surface area (Å²) >= 11 is 7.68. The van der Waals surface area contributed by atoms with Gasteiger partial charge in [0.15, 0.2) is 0 Å². The molecule has 1 aromatic carbocycles. The van der Waals surface area contributed by atoms with E-state index in [0.717, 1.165) is 42.6 Å². The van der Waals surface area contributed by atoms with Gasteiger partial charge in [-0.15, -0.1) is 11.3 Å².